The molecule has 10 nitrogen and oxygen atoms in total. The summed E-state index contributed by atoms with van der Waals surface area (Å²) in [7, 11) is 3.98. The van der Waals surface area contributed by atoms with E-state index in [-0.39, 0.29) is 11.5 Å². The van der Waals surface area contributed by atoms with E-state index in [1.807, 2.05) is 45.4 Å². The van der Waals surface area contributed by atoms with Crippen molar-refractivity contribution in [3.05, 3.63) is 54.6 Å². The van der Waals surface area contributed by atoms with E-state index >= 15 is 0 Å². The fraction of sp³-hybridized carbons (Fsp3) is 0.304. The van der Waals surface area contributed by atoms with Crippen LogP contribution in [0, 0.1) is 0 Å². The van der Waals surface area contributed by atoms with Gasteiger partial charge in [0.1, 0.15) is 0 Å². The molecule has 1 aliphatic rings. The summed E-state index contributed by atoms with van der Waals surface area (Å²) < 4.78 is 5.44. The first-order valence-corrected chi connectivity index (χ1v) is 11.2. The molecule has 1 aliphatic heterocycles. The van der Waals surface area contributed by atoms with Gasteiger partial charge in [-0.15, -0.1) is 0 Å². The molecule has 4 N–H and O–H groups in total. The van der Waals surface area contributed by atoms with E-state index in [1.54, 1.807) is 18.6 Å². The third-order valence-corrected chi connectivity index (χ3v) is 5.71. The molecule has 1 amide bonds. The van der Waals surface area contributed by atoms with Crippen molar-refractivity contribution in [2.45, 2.75) is 0 Å². The second kappa shape index (κ2) is 10.9. The predicted octanol–water partition coefficient (Wildman–Crippen LogP) is 0.784. The molecule has 1 saturated heterocycles. The first-order chi connectivity index (χ1) is 16.6. The van der Waals surface area contributed by atoms with Crippen LogP contribution < -0.4 is 26.1 Å². The van der Waals surface area contributed by atoms with Crippen molar-refractivity contribution < 1.29 is 9.53 Å². The Kier molecular flexibility index (Phi) is 7.56. The Morgan fingerprint density at radius 1 is 1.21 bits per heavy atom. The van der Waals surface area contributed by atoms with Crippen molar-refractivity contribution in [1.82, 2.24) is 20.2 Å². The topological polar surface area (TPSA) is 122 Å². The Labute approximate surface area is 200 Å². The van der Waals surface area contributed by atoms with Crippen LogP contribution in [0.25, 0.3) is 11.3 Å². The van der Waals surface area contributed by atoms with Gasteiger partial charge in [-0.2, -0.15) is 0 Å². The van der Waals surface area contributed by atoms with Crippen LogP contribution in [-0.2, 0) is 4.74 Å². The molecule has 11 heteroatoms. The van der Waals surface area contributed by atoms with Gasteiger partial charge in [-0.3, -0.25) is 9.78 Å². The molecule has 1 aromatic carbocycles. The van der Waals surface area contributed by atoms with Crippen LogP contribution >= 0.6 is 0 Å². The first kappa shape index (κ1) is 23.5. The molecule has 4 rings (SSSR count). The minimum Gasteiger partial charge on any atom is -0.382 e. The summed E-state index contributed by atoms with van der Waals surface area (Å²) in [4.78, 5) is 30.4. The molecule has 0 aliphatic carbocycles. The van der Waals surface area contributed by atoms with Crippen molar-refractivity contribution >= 4 is 36.8 Å². The van der Waals surface area contributed by atoms with Crippen molar-refractivity contribution in [3.8, 4) is 11.3 Å². The van der Waals surface area contributed by atoms with Crippen molar-refractivity contribution in [2.75, 3.05) is 67.3 Å². The summed E-state index contributed by atoms with van der Waals surface area (Å²) in [6.07, 6.45) is 4.91. The Morgan fingerprint density at radius 2 is 1.97 bits per heavy atom. The van der Waals surface area contributed by atoms with Gasteiger partial charge in [0.2, 0.25) is 0 Å². The molecule has 1 fully saturated rings. The Bertz CT molecular complexity index is 1120. The van der Waals surface area contributed by atoms with Crippen LogP contribution in [-0.4, -0.2) is 75.3 Å². The minimum absolute atomic E-state index is 0.0708. The Morgan fingerprint density at radius 3 is 2.71 bits per heavy atom. The number of ether oxygens (including phenoxy) is 1. The quantitative estimate of drug-likeness (QED) is 0.419. The number of anilines is 4. The number of carbonyl (C=O) groups is 1. The third-order valence-electron chi connectivity index (χ3n) is 5.71. The molecular formula is C23H29BN8O2. The maximum Gasteiger partial charge on any atom is 0.278 e. The molecule has 0 bridgehead atoms. The summed E-state index contributed by atoms with van der Waals surface area (Å²) in [5.41, 5.74) is 10.1. The minimum atomic E-state index is -0.433. The number of benzene rings is 1. The maximum atomic E-state index is 13.1. The fourth-order valence-corrected chi connectivity index (χ4v) is 3.74. The van der Waals surface area contributed by atoms with Gasteiger partial charge >= 0.3 is 0 Å². The molecule has 0 saturated carbocycles. The Hall–Kier alpha value is -3.70. The number of pyridine rings is 1. The second-order valence-electron chi connectivity index (χ2n) is 8.01. The molecule has 0 atom stereocenters. The van der Waals surface area contributed by atoms with Crippen molar-refractivity contribution in [1.29, 1.82) is 0 Å². The zero-order chi connectivity index (χ0) is 23.9. The number of morpholine rings is 1. The number of nitrogens with zero attached hydrogens (tertiary/aromatic N) is 5. The lowest BCUT2D eigenvalue weighted by molar-refractivity contribution is 0.102. The highest BCUT2D eigenvalue weighted by Gasteiger charge is 2.20. The fourth-order valence-electron chi connectivity index (χ4n) is 3.74. The summed E-state index contributed by atoms with van der Waals surface area (Å²) in [5, 5.41) is 6.05. The van der Waals surface area contributed by atoms with Gasteiger partial charge in [0, 0.05) is 50.7 Å². The number of hydrogen-bond donors (Lipinski definition) is 3. The molecule has 3 heterocycles. The predicted molar refractivity (Wildman–Crippen MR) is 137 cm³/mol. The van der Waals surface area contributed by atoms with E-state index in [9.17, 15) is 4.79 Å². The maximum absolute atomic E-state index is 13.1. The average molecular weight is 460 g/mol. The van der Waals surface area contributed by atoms with Crippen LogP contribution in [0.4, 0.5) is 22.9 Å². The number of hydrogen-bond acceptors (Lipinski definition) is 9. The molecule has 3 aromatic rings. The normalized spacial score (nSPS) is 13.5. The van der Waals surface area contributed by atoms with Gasteiger partial charge in [-0.05, 0) is 18.2 Å². The monoisotopic (exact) mass is 460 g/mol. The van der Waals surface area contributed by atoms with E-state index in [0.29, 0.717) is 24.6 Å². The molecule has 2 aromatic heterocycles. The standard InChI is InChI=1S/C23H29BN8O2/c1-31(9-8-28-24)17-4-2-16(3-5-17)18-15-27-22(25)21(29-18)23(33)30-19-14-26-7-6-20(19)32-10-12-34-13-11-32/h2-7,14-15,28H,8-13,24H2,1H3,(H2,25,27)(H,30,33). The lowest BCUT2D eigenvalue weighted by Crippen LogP contribution is -2.36. The average Bonchev–Trinajstić information content (AvgIpc) is 2.88. The molecule has 176 valence electrons. The first-order valence-electron chi connectivity index (χ1n) is 11.2. The number of likely N-dealkylation sites (N-methyl/N-ethyl adjacent to an activating group) is 1. The number of aromatic nitrogens is 3. The van der Waals surface area contributed by atoms with E-state index in [0.717, 1.165) is 43.1 Å². The van der Waals surface area contributed by atoms with Gasteiger partial charge in [0.25, 0.3) is 5.91 Å². The van der Waals surface area contributed by atoms with Crippen LogP contribution in [0.5, 0.6) is 0 Å². The van der Waals surface area contributed by atoms with Crippen LogP contribution in [0.1, 0.15) is 10.5 Å². The molecule has 34 heavy (non-hydrogen) atoms. The van der Waals surface area contributed by atoms with E-state index in [1.165, 1.54) is 0 Å². The largest absolute Gasteiger partial charge is 0.382 e. The van der Waals surface area contributed by atoms with E-state index < -0.39 is 5.91 Å². The van der Waals surface area contributed by atoms with Crippen LogP contribution in [0.3, 0.4) is 0 Å². The number of nitrogens with two attached hydrogens (primary N) is 1. The van der Waals surface area contributed by atoms with Crippen LogP contribution in [0.2, 0.25) is 0 Å². The number of nitrogens with one attached hydrogen (secondary N) is 2. The highest BCUT2D eigenvalue weighted by atomic mass is 16.5. The summed E-state index contributed by atoms with van der Waals surface area (Å²) in [6, 6.07) is 9.84. The van der Waals surface area contributed by atoms with Gasteiger partial charge in [-0.1, -0.05) is 12.1 Å². The van der Waals surface area contributed by atoms with Gasteiger partial charge in [0.15, 0.2) is 19.5 Å². The van der Waals surface area contributed by atoms with E-state index in [4.69, 9.17) is 10.5 Å². The van der Waals surface area contributed by atoms with Crippen molar-refractivity contribution in [2.24, 2.45) is 0 Å². The smallest absolute Gasteiger partial charge is 0.278 e. The van der Waals surface area contributed by atoms with Crippen LogP contribution in [0.15, 0.2) is 48.9 Å². The number of rotatable bonds is 8. The zero-order valence-electron chi connectivity index (χ0n) is 19.5. The third kappa shape index (κ3) is 5.44. The molecule has 0 radical (unpaired) electrons. The molecule has 0 spiro atoms. The van der Waals surface area contributed by atoms with E-state index in [2.05, 4.69) is 35.3 Å². The summed E-state index contributed by atoms with van der Waals surface area (Å²) in [6.45, 7) is 4.54. The lowest BCUT2D eigenvalue weighted by Gasteiger charge is -2.30. The highest BCUT2D eigenvalue weighted by Crippen LogP contribution is 2.27. The Balaban J connectivity index is 1.53. The highest BCUT2D eigenvalue weighted by molar-refractivity contribution is 6.07. The lowest BCUT2D eigenvalue weighted by atomic mass is 10.1. The summed E-state index contributed by atoms with van der Waals surface area (Å²) >= 11 is 0. The second-order valence-corrected chi connectivity index (χ2v) is 8.01. The van der Waals surface area contributed by atoms with Gasteiger partial charge in [0.05, 0.1) is 42.7 Å². The summed E-state index contributed by atoms with van der Waals surface area (Å²) in [5.74, 6) is -0.362. The van der Waals surface area contributed by atoms with Gasteiger partial charge in [-0.25, -0.2) is 9.97 Å². The molecular weight excluding hydrogens is 431 g/mol. The molecule has 0 unspecified atom stereocenters. The zero-order valence-corrected chi connectivity index (χ0v) is 19.5. The number of carbonyl (C=O) groups excluding carboxylic acids is 1. The van der Waals surface area contributed by atoms with Crippen molar-refractivity contribution in [3.63, 3.8) is 0 Å². The number of nitrogen functional groups attached to an aromatic ring is 1. The number of amides is 1. The SMILES string of the molecule is BNCCN(C)c1ccc(-c2cnc(N)c(C(=O)Nc3cnccc3N3CCOCC3)n2)cc1. The van der Waals surface area contributed by atoms with Gasteiger partial charge < -0.3 is 30.8 Å².